The van der Waals surface area contributed by atoms with Crippen molar-refractivity contribution in [2.45, 2.75) is 44.3 Å². The lowest BCUT2D eigenvalue weighted by molar-refractivity contribution is 0.0637. The third kappa shape index (κ3) is 2.80. The van der Waals surface area contributed by atoms with E-state index in [1.807, 2.05) is 35.0 Å². The molecule has 134 valence electrons. The molecule has 1 N–H and O–H groups in total. The van der Waals surface area contributed by atoms with Crippen molar-refractivity contribution in [2.24, 2.45) is 0 Å². The smallest absolute Gasteiger partial charge is 0.232 e. The minimum Gasteiger partial charge on any atom is -0.493 e. The van der Waals surface area contributed by atoms with E-state index >= 15 is 0 Å². The molecule has 0 bridgehead atoms. The summed E-state index contributed by atoms with van der Waals surface area (Å²) < 4.78 is 13.5. The molecule has 1 aromatic carbocycles. The van der Waals surface area contributed by atoms with Crippen molar-refractivity contribution in [2.75, 3.05) is 6.61 Å². The molecule has 3 heterocycles. The fourth-order valence-electron chi connectivity index (χ4n) is 3.80. The van der Waals surface area contributed by atoms with Crippen LogP contribution in [-0.4, -0.2) is 38.5 Å². The number of rotatable bonds is 3. The number of fused-ring (bicyclic) bond motifs is 2. The maximum Gasteiger partial charge on any atom is 0.232 e. The molecule has 6 nitrogen and oxygen atoms in total. The van der Waals surface area contributed by atoms with Crippen LogP contribution in [0.5, 0.6) is 11.6 Å². The molecule has 5 rings (SSSR count). The van der Waals surface area contributed by atoms with Crippen LogP contribution in [0.25, 0.3) is 16.9 Å². The van der Waals surface area contributed by atoms with E-state index in [-0.39, 0.29) is 12.2 Å². The van der Waals surface area contributed by atoms with Crippen molar-refractivity contribution >= 4 is 5.65 Å². The largest absolute Gasteiger partial charge is 0.493 e. The zero-order valence-electron chi connectivity index (χ0n) is 14.5. The van der Waals surface area contributed by atoms with E-state index in [0.717, 1.165) is 61.4 Å². The van der Waals surface area contributed by atoms with Gasteiger partial charge in [-0.25, -0.2) is 9.50 Å². The highest BCUT2D eigenvalue weighted by Crippen LogP contribution is 2.31. The van der Waals surface area contributed by atoms with Gasteiger partial charge in [-0.3, -0.25) is 0 Å². The van der Waals surface area contributed by atoms with Crippen LogP contribution in [0.15, 0.2) is 36.5 Å². The van der Waals surface area contributed by atoms with Crippen LogP contribution >= 0.6 is 0 Å². The van der Waals surface area contributed by atoms with E-state index < -0.39 is 0 Å². The summed E-state index contributed by atoms with van der Waals surface area (Å²) in [7, 11) is 0. The second-order valence-electron chi connectivity index (χ2n) is 7.05. The average molecular weight is 351 g/mol. The zero-order valence-corrected chi connectivity index (χ0v) is 14.5. The van der Waals surface area contributed by atoms with Gasteiger partial charge in [0.1, 0.15) is 11.9 Å². The van der Waals surface area contributed by atoms with Crippen LogP contribution in [-0.2, 0) is 6.42 Å². The Balaban J connectivity index is 1.45. The molecule has 0 radical (unpaired) electrons. The van der Waals surface area contributed by atoms with Gasteiger partial charge in [-0.1, -0.05) is 0 Å². The Hall–Kier alpha value is -2.60. The van der Waals surface area contributed by atoms with E-state index in [4.69, 9.17) is 9.47 Å². The number of hydrogen-bond acceptors (Lipinski definition) is 5. The molecule has 2 aliphatic rings. The summed E-state index contributed by atoms with van der Waals surface area (Å²) in [6, 6.07) is 10.0. The lowest BCUT2D eigenvalue weighted by atomic mass is 9.95. The predicted molar refractivity (Wildman–Crippen MR) is 96.5 cm³/mol. The highest BCUT2D eigenvalue weighted by atomic mass is 16.5. The summed E-state index contributed by atoms with van der Waals surface area (Å²) in [6.07, 6.45) is 6.03. The van der Waals surface area contributed by atoms with Crippen molar-refractivity contribution in [3.8, 4) is 22.9 Å². The molecule has 1 aliphatic carbocycles. The normalized spacial score (nSPS) is 22.2. The van der Waals surface area contributed by atoms with Gasteiger partial charge >= 0.3 is 0 Å². The minimum absolute atomic E-state index is 0.118. The molecule has 0 unspecified atom stereocenters. The van der Waals surface area contributed by atoms with E-state index in [1.54, 1.807) is 0 Å². The van der Waals surface area contributed by atoms with Gasteiger partial charge in [0.15, 0.2) is 5.65 Å². The lowest BCUT2D eigenvalue weighted by Gasteiger charge is -2.25. The highest BCUT2D eigenvalue weighted by Gasteiger charge is 2.21. The van der Waals surface area contributed by atoms with E-state index in [0.29, 0.717) is 5.88 Å². The number of imidazole rings is 1. The molecule has 1 fully saturated rings. The number of nitrogens with zero attached hydrogens (tertiary/aromatic N) is 3. The third-order valence-electron chi connectivity index (χ3n) is 5.25. The number of ether oxygens (including phenoxy) is 2. The Morgan fingerprint density at radius 2 is 2.00 bits per heavy atom. The fourth-order valence-corrected chi connectivity index (χ4v) is 3.80. The first-order valence-electron chi connectivity index (χ1n) is 9.22. The average Bonchev–Trinajstić information content (AvgIpc) is 3.29. The molecular weight excluding hydrogens is 330 g/mol. The predicted octanol–water partition coefficient (Wildman–Crippen LogP) is 3.01. The first kappa shape index (κ1) is 15.6. The first-order chi connectivity index (χ1) is 12.8. The van der Waals surface area contributed by atoms with Crippen LogP contribution in [0.2, 0.25) is 0 Å². The van der Waals surface area contributed by atoms with Gasteiger partial charge in [-0.2, -0.15) is 0 Å². The Kier molecular flexibility index (Phi) is 3.78. The highest BCUT2D eigenvalue weighted by molar-refractivity contribution is 5.65. The molecule has 1 saturated carbocycles. The number of aliphatic hydroxyl groups is 1. The second-order valence-corrected chi connectivity index (χ2v) is 7.05. The number of aliphatic hydroxyl groups excluding tert-OH is 1. The van der Waals surface area contributed by atoms with Gasteiger partial charge in [0.25, 0.3) is 0 Å². The third-order valence-corrected chi connectivity index (χ3v) is 5.25. The van der Waals surface area contributed by atoms with E-state index in [1.165, 1.54) is 5.56 Å². The number of hydrogen-bond donors (Lipinski definition) is 1. The standard InChI is InChI=1S/C20H21N3O3/c24-15-2-4-16(5-3-15)26-20-8-7-19-21-12-17(23(19)22-20)13-1-6-18-14(11-13)9-10-25-18/h1,6-8,11-12,15-16,24H,2-5,9-10H2. The zero-order chi connectivity index (χ0) is 17.5. The quantitative estimate of drug-likeness (QED) is 0.786. The summed E-state index contributed by atoms with van der Waals surface area (Å²) in [6.45, 7) is 0.748. The summed E-state index contributed by atoms with van der Waals surface area (Å²) >= 11 is 0. The van der Waals surface area contributed by atoms with Crippen LogP contribution < -0.4 is 9.47 Å². The second kappa shape index (κ2) is 6.29. The van der Waals surface area contributed by atoms with Crippen LogP contribution in [0.3, 0.4) is 0 Å². The summed E-state index contributed by atoms with van der Waals surface area (Å²) in [5, 5.41) is 14.3. The van der Waals surface area contributed by atoms with Gasteiger partial charge in [0.2, 0.25) is 5.88 Å². The van der Waals surface area contributed by atoms with Crippen molar-refractivity contribution in [1.82, 2.24) is 14.6 Å². The monoisotopic (exact) mass is 351 g/mol. The summed E-state index contributed by atoms with van der Waals surface area (Å²) in [5.41, 5.74) is 4.04. The van der Waals surface area contributed by atoms with Crippen LogP contribution in [0, 0.1) is 0 Å². The van der Waals surface area contributed by atoms with Gasteiger partial charge in [0, 0.05) is 18.1 Å². The van der Waals surface area contributed by atoms with Gasteiger partial charge < -0.3 is 14.6 Å². The van der Waals surface area contributed by atoms with Gasteiger partial charge in [-0.15, -0.1) is 5.10 Å². The van der Waals surface area contributed by atoms with Gasteiger partial charge in [0.05, 0.1) is 24.6 Å². The van der Waals surface area contributed by atoms with E-state index in [9.17, 15) is 5.11 Å². The number of benzene rings is 1. The van der Waals surface area contributed by atoms with Crippen molar-refractivity contribution in [1.29, 1.82) is 0 Å². The molecule has 26 heavy (non-hydrogen) atoms. The van der Waals surface area contributed by atoms with Gasteiger partial charge in [-0.05, 0) is 55.5 Å². The van der Waals surface area contributed by atoms with Crippen LogP contribution in [0.4, 0.5) is 0 Å². The Bertz CT molecular complexity index is 945. The summed E-state index contributed by atoms with van der Waals surface area (Å²) in [4.78, 5) is 4.47. The SMILES string of the molecule is OC1CCC(Oc2ccc3ncc(-c4ccc5c(c4)CCO5)n3n2)CC1. The maximum atomic E-state index is 9.64. The molecule has 1 aliphatic heterocycles. The lowest BCUT2D eigenvalue weighted by Crippen LogP contribution is -2.26. The molecule has 0 amide bonds. The minimum atomic E-state index is -0.186. The first-order valence-corrected chi connectivity index (χ1v) is 9.22. The Morgan fingerprint density at radius 1 is 1.12 bits per heavy atom. The molecule has 0 spiro atoms. The molecular formula is C20H21N3O3. The van der Waals surface area contributed by atoms with Crippen molar-refractivity contribution < 1.29 is 14.6 Å². The molecule has 2 aromatic heterocycles. The number of aromatic nitrogens is 3. The Labute approximate surface area is 151 Å². The molecule has 0 atom stereocenters. The molecule has 6 heteroatoms. The fraction of sp³-hybridized carbons (Fsp3) is 0.400. The summed E-state index contributed by atoms with van der Waals surface area (Å²) in [5.74, 6) is 1.57. The Morgan fingerprint density at radius 3 is 2.88 bits per heavy atom. The maximum absolute atomic E-state index is 9.64. The van der Waals surface area contributed by atoms with E-state index in [2.05, 4.69) is 16.1 Å². The van der Waals surface area contributed by atoms with Crippen LogP contribution in [0.1, 0.15) is 31.2 Å². The topological polar surface area (TPSA) is 68.9 Å². The molecule has 0 saturated heterocycles. The molecule has 3 aromatic rings. The van der Waals surface area contributed by atoms with Crippen molar-refractivity contribution in [3.05, 3.63) is 42.1 Å². The van der Waals surface area contributed by atoms with Crippen molar-refractivity contribution in [3.63, 3.8) is 0 Å².